The van der Waals surface area contributed by atoms with Gasteiger partial charge < -0.3 is 15.4 Å². The van der Waals surface area contributed by atoms with Crippen LogP contribution < -0.4 is 10.6 Å². The Bertz CT molecular complexity index is 507. The zero-order valence-electron chi connectivity index (χ0n) is 14.8. The molecule has 1 aliphatic rings. The maximum atomic E-state index is 5.31. The minimum Gasteiger partial charge on any atom is -0.385 e. The molecule has 0 heterocycles. The summed E-state index contributed by atoms with van der Waals surface area (Å²) >= 11 is 0. The summed E-state index contributed by atoms with van der Waals surface area (Å²) in [5, 5.41) is 6.97. The number of benzene rings is 1. The molecule has 0 spiro atoms. The number of aliphatic imine (C=N–C) groups is 1. The average molecular weight is 317 g/mol. The normalized spacial score (nSPS) is 17.3. The van der Waals surface area contributed by atoms with Gasteiger partial charge in [0, 0.05) is 33.9 Å². The van der Waals surface area contributed by atoms with E-state index in [0.29, 0.717) is 5.41 Å². The van der Waals surface area contributed by atoms with E-state index in [1.165, 1.54) is 36.8 Å². The Kier molecular flexibility index (Phi) is 6.90. The first-order valence-corrected chi connectivity index (χ1v) is 8.67. The molecule has 0 aromatic heterocycles. The van der Waals surface area contributed by atoms with E-state index in [1.807, 2.05) is 7.05 Å². The summed E-state index contributed by atoms with van der Waals surface area (Å²) in [6.07, 6.45) is 6.38. The summed E-state index contributed by atoms with van der Waals surface area (Å²) in [6, 6.07) is 8.46. The molecule has 0 unspecified atom stereocenters. The van der Waals surface area contributed by atoms with Crippen molar-refractivity contribution in [3.8, 4) is 0 Å². The standard InChI is InChI=1S/C19H31N3O/c1-16-8-4-5-9-17(16)14-21-18(20-2)22-15-19(12-13-23-3)10-6-7-11-19/h4-5,8-9H,6-7,10-15H2,1-3H3,(H2,20,21,22). The Morgan fingerprint density at radius 3 is 2.61 bits per heavy atom. The summed E-state index contributed by atoms with van der Waals surface area (Å²) in [5.41, 5.74) is 2.99. The lowest BCUT2D eigenvalue weighted by molar-refractivity contribution is 0.138. The molecule has 0 atom stereocenters. The fourth-order valence-corrected chi connectivity index (χ4v) is 3.44. The summed E-state index contributed by atoms with van der Waals surface area (Å²) in [7, 11) is 3.63. The van der Waals surface area contributed by atoms with E-state index >= 15 is 0 Å². The van der Waals surface area contributed by atoms with Crippen LogP contribution in [0.1, 0.15) is 43.2 Å². The van der Waals surface area contributed by atoms with Crippen LogP contribution in [0.5, 0.6) is 0 Å². The predicted molar refractivity (Wildman–Crippen MR) is 96.8 cm³/mol. The zero-order valence-corrected chi connectivity index (χ0v) is 14.8. The van der Waals surface area contributed by atoms with Gasteiger partial charge in [0.25, 0.3) is 0 Å². The van der Waals surface area contributed by atoms with Crippen LogP contribution in [-0.4, -0.2) is 33.3 Å². The highest BCUT2D eigenvalue weighted by molar-refractivity contribution is 5.79. The van der Waals surface area contributed by atoms with E-state index in [2.05, 4.69) is 46.8 Å². The average Bonchev–Trinajstić information content (AvgIpc) is 3.04. The lowest BCUT2D eigenvalue weighted by Gasteiger charge is -2.30. The smallest absolute Gasteiger partial charge is 0.191 e. The molecule has 0 amide bonds. The fourth-order valence-electron chi connectivity index (χ4n) is 3.44. The largest absolute Gasteiger partial charge is 0.385 e. The Morgan fingerprint density at radius 1 is 1.22 bits per heavy atom. The third-order valence-electron chi connectivity index (χ3n) is 5.06. The van der Waals surface area contributed by atoms with Crippen molar-refractivity contribution in [1.29, 1.82) is 0 Å². The van der Waals surface area contributed by atoms with Gasteiger partial charge in [0.05, 0.1) is 0 Å². The molecule has 0 aliphatic heterocycles. The van der Waals surface area contributed by atoms with Gasteiger partial charge in [0.15, 0.2) is 5.96 Å². The predicted octanol–water partition coefficient (Wildman–Crippen LogP) is 3.26. The molecule has 4 nitrogen and oxygen atoms in total. The Labute approximate surface area is 140 Å². The highest BCUT2D eigenvalue weighted by Gasteiger charge is 2.33. The van der Waals surface area contributed by atoms with Crippen LogP contribution in [0.25, 0.3) is 0 Å². The van der Waals surface area contributed by atoms with E-state index in [9.17, 15) is 0 Å². The van der Waals surface area contributed by atoms with Gasteiger partial charge in [0.2, 0.25) is 0 Å². The monoisotopic (exact) mass is 317 g/mol. The number of aryl methyl sites for hydroxylation is 1. The second kappa shape index (κ2) is 8.92. The molecule has 1 aromatic rings. The number of ether oxygens (including phenoxy) is 1. The summed E-state index contributed by atoms with van der Waals surface area (Å²) < 4.78 is 5.31. The van der Waals surface area contributed by atoms with E-state index < -0.39 is 0 Å². The fraction of sp³-hybridized carbons (Fsp3) is 0.632. The second-order valence-corrected chi connectivity index (χ2v) is 6.66. The number of nitrogens with zero attached hydrogens (tertiary/aromatic N) is 1. The highest BCUT2D eigenvalue weighted by atomic mass is 16.5. The number of methoxy groups -OCH3 is 1. The third kappa shape index (κ3) is 5.24. The number of hydrogen-bond donors (Lipinski definition) is 2. The minimum absolute atomic E-state index is 0.371. The third-order valence-corrected chi connectivity index (χ3v) is 5.06. The molecule has 128 valence electrons. The Morgan fingerprint density at radius 2 is 1.96 bits per heavy atom. The molecule has 1 aromatic carbocycles. The Hall–Kier alpha value is -1.55. The molecule has 1 saturated carbocycles. The van der Waals surface area contributed by atoms with Crippen molar-refractivity contribution in [3.63, 3.8) is 0 Å². The Balaban J connectivity index is 1.85. The van der Waals surface area contributed by atoms with Crippen molar-refractivity contribution in [2.75, 3.05) is 27.3 Å². The van der Waals surface area contributed by atoms with Gasteiger partial charge in [0.1, 0.15) is 0 Å². The number of hydrogen-bond acceptors (Lipinski definition) is 2. The van der Waals surface area contributed by atoms with Crippen LogP contribution >= 0.6 is 0 Å². The van der Waals surface area contributed by atoms with Crippen LogP contribution in [-0.2, 0) is 11.3 Å². The van der Waals surface area contributed by atoms with Crippen molar-refractivity contribution >= 4 is 5.96 Å². The number of rotatable bonds is 7. The van der Waals surface area contributed by atoms with Gasteiger partial charge in [-0.3, -0.25) is 4.99 Å². The quantitative estimate of drug-likeness (QED) is 0.599. The van der Waals surface area contributed by atoms with Gasteiger partial charge in [-0.25, -0.2) is 0 Å². The number of nitrogens with one attached hydrogen (secondary N) is 2. The van der Waals surface area contributed by atoms with Gasteiger partial charge in [-0.1, -0.05) is 37.1 Å². The van der Waals surface area contributed by atoms with Crippen LogP contribution in [0.3, 0.4) is 0 Å². The van der Waals surface area contributed by atoms with Gasteiger partial charge in [-0.05, 0) is 42.7 Å². The molecular formula is C19H31N3O. The molecule has 1 aliphatic carbocycles. The van der Waals surface area contributed by atoms with Gasteiger partial charge >= 0.3 is 0 Å². The van der Waals surface area contributed by atoms with Crippen molar-refractivity contribution < 1.29 is 4.74 Å². The summed E-state index contributed by atoms with van der Waals surface area (Å²) in [6.45, 7) is 4.77. The summed E-state index contributed by atoms with van der Waals surface area (Å²) in [4.78, 5) is 4.37. The van der Waals surface area contributed by atoms with E-state index in [0.717, 1.165) is 32.1 Å². The molecule has 0 bridgehead atoms. The van der Waals surface area contributed by atoms with Crippen LogP contribution in [0.4, 0.5) is 0 Å². The van der Waals surface area contributed by atoms with Crippen LogP contribution in [0, 0.1) is 12.3 Å². The van der Waals surface area contributed by atoms with Gasteiger partial charge in [-0.15, -0.1) is 0 Å². The molecule has 1 fully saturated rings. The molecule has 0 radical (unpaired) electrons. The SMILES string of the molecule is CN=C(NCc1ccccc1C)NCC1(CCOC)CCCC1. The molecule has 4 heteroatoms. The second-order valence-electron chi connectivity index (χ2n) is 6.66. The first-order valence-electron chi connectivity index (χ1n) is 8.67. The molecule has 2 rings (SSSR count). The van der Waals surface area contributed by atoms with E-state index in [1.54, 1.807) is 7.11 Å². The lowest BCUT2D eigenvalue weighted by atomic mass is 9.83. The van der Waals surface area contributed by atoms with Gasteiger partial charge in [-0.2, -0.15) is 0 Å². The van der Waals surface area contributed by atoms with E-state index in [4.69, 9.17) is 4.74 Å². The highest BCUT2D eigenvalue weighted by Crippen LogP contribution is 2.40. The van der Waals surface area contributed by atoms with Crippen LogP contribution in [0.15, 0.2) is 29.3 Å². The maximum Gasteiger partial charge on any atom is 0.191 e. The minimum atomic E-state index is 0.371. The lowest BCUT2D eigenvalue weighted by Crippen LogP contribution is -2.43. The van der Waals surface area contributed by atoms with Crippen molar-refractivity contribution in [3.05, 3.63) is 35.4 Å². The van der Waals surface area contributed by atoms with Crippen molar-refractivity contribution in [2.24, 2.45) is 10.4 Å². The zero-order chi connectivity index (χ0) is 16.5. The van der Waals surface area contributed by atoms with E-state index in [-0.39, 0.29) is 0 Å². The maximum absolute atomic E-state index is 5.31. The van der Waals surface area contributed by atoms with Crippen LogP contribution in [0.2, 0.25) is 0 Å². The first-order chi connectivity index (χ1) is 11.2. The van der Waals surface area contributed by atoms with Crippen molar-refractivity contribution in [2.45, 2.75) is 45.6 Å². The molecule has 23 heavy (non-hydrogen) atoms. The number of guanidine groups is 1. The summed E-state index contributed by atoms with van der Waals surface area (Å²) in [5.74, 6) is 0.886. The first kappa shape index (κ1) is 17.8. The topological polar surface area (TPSA) is 45.7 Å². The molecule has 2 N–H and O–H groups in total. The molecular weight excluding hydrogens is 286 g/mol. The van der Waals surface area contributed by atoms with Crippen molar-refractivity contribution in [1.82, 2.24) is 10.6 Å². The molecule has 0 saturated heterocycles.